The van der Waals surface area contributed by atoms with Crippen molar-refractivity contribution in [2.24, 2.45) is 5.10 Å². The zero-order valence-corrected chi connectivity index (χ0v) is 13.8. The minimum atomic E-state index is -0.306. The normalized spacial score (nSPS) is 11.4. The zero-order valence-electron chi connectivity index (χ0n) is 13.8. The van der Waals surface area contributed by atoms with Crippen LogP contribution >= 0.6 is 0 Å². The first-order valence-electron chi connectivity index (χ1n) is 7.94. The zero-order chi connectivity index (χ0) is 17.6. The summed E-state index contributed by atoms with van der Waals surface area (Å²) in [7, 11) is 0. The Labute approximate surface area is 145 Å². The van der Waals surface area contributed by atoms with Crippen molar-refractivity contribution in [2.45, 2.75) is 6.92 Å². The van der Waals surface area contributed by atoms with Gasteiger partial charge < -0.3 is 5.32 Å². The molecule has 5 heteroatoms. The van der Waals surface area contributed by atoms with Gasteiger partial charge in [-0.05, 0) is 36.1 Å². The average Bonchev–Trinajstić information content (AvgIpc) is 2.65. The third kappa shape index (κ3) is 4.20. The second-order valence-electron chi connectivity index (χ2n) is 5.62. The molecule has 126 valence electrons. The number of fused-ring (bicyclic) bond motifs is 1. The lowest BCUT2D eigenvalue weighted by Crippen LogP contribution is -2.26. The molecule has 3 rings (SSSR count). The fourth-order valence-corrected chi connectivity index (χ4v) is 2.50. The topological polar surface area (TPSA) is 53.5 Å². The van der Waals surface area contributed by atoms with Crippen LogP contribution in [0.5, 0.6) is 0 Å². The van der Waals surface area contributed by atoms with Gasteiger partial charge in [-0.3, -0.25) is 4.79 Å². The average molecular weight is 335 g/mol. The molecule has 0 unspecified atom stereocenters. The van der Waals surface area contributed by atoms with E-state index < -0.39 is 0 Å². The number of amides is 1. The number of anilines is 1. The highest BCUT2D eigenvalue weighted by Gasteiger charge is 2.04. The van der Waals surface area contributed by atoms with E-state index >= 15 is 0 Å². The van der Waals surface area contributed by atoms with Crippen LogP contribution in [0.3, 0.4) is 0 Å². The number of halogens is 1. The number of carbonyl (C=O) groups excluding carboxylic acids is 1. The number of carbonyl (C=O) groups is 1. The van der Waals surface area contributed by atoms with Gasteiger partial charge in [0, 0.05) is 11.1 Å². The molecule has 0 radical (unpaired) electrons. The molecule has 1 amide bonds. The van der Waals surface area contributed by atoms with E-state index in [1.54, 1.807) is 19.1 Å². The number of hydrazone groups is 1. The molecular formula is C20H18FN3O. The van der Waals surface area contributed by atoms with Gasteiger partial charge in [0.15, 0.2) is 0 Å². The van der Waals surface area contributed by atoms with Crippen molar-refractivity contribution in [3.8, 4) is 0 Å². The summed E-state index contributed by atoms with van der Waals surface area (Å²) in [5, 5.41) is 9.35. The van der Waals surface area contributed by atoms with Gasteiger partial charge >= 0.3 is 0 Å². The summed E-state index contributed by atoms with van der Waals surface area (Å²) in [5.74, 6) is -0.561. The van der Waals surface area contributed by atoms with Crippen LogP contribution in [-0.4, -0.2) is 18.2 Å². The lowest BCUT2D eigenvalue weighted by atomic mass is 10.1. The lowest BCUT2D eigenvalue weighted by molar-refractivity contribution is -0.119. The summed E-state index contributed by atoms with van der Waals surface area (Å²) in [5.41, 5.74) is 4.77. The maximum absolute atomic E-state index is 12.9. The molecule has 0 aromatic heterocycles. The van der Waals surface area contributed by atoms with Gasteiger partial charge in [0.25, 0.3) is 5.91 Å². The third-order valence-corrected chi connectivity index (χ3v) is 3.84. The first kappa shape index (κ1) is 16.6. The first-order valence-corrected chi connectivity index (χ1v) is 7.94. The Kier molecular flexibility index (Phi) is 5.04. The maximum Gasteiger partial charge on any atom is 0.259 e. The Hall–Kier alpha value is -3.21. The van der Waals surface area contributed by atoms with E-state index in [9.17, 15) is 9.18 Å². The highest BCUT2D eigenvalue weighted by Crippen LogP contribution is 2.22. The number of nitrogens with zero attached hydrogens (tertiary/aromatic N) is 1. The monoisotopic (exact) mass is 335 g/mol. The summed E-state index contributed by atoms with van der Waals surface area (Å²) in [4.78, 5) is 12.0. The molecule has 0 aliphatic rings. The standard InChI is InChI=1S/C20H18FN3O/c1-14(15-9-11-17(21)12-10-15)23-24-20(25)13-22-19-8-4-6-16-5-2-3-7-18(16)19/h2-12,22H,13H2,1H3,(H,24,25)/b23-14+. The summed E-state index contributed by atoms with van der Waals surface area (Å²) in [6, 6.07) is 19.8. The summed E-state index contributed by atoms with van der Waals surface area (Å²) >= 11 is 0. The fraction of sp³-hybridized carbons (Fsp3) is 0.100. The molecule has 0 spiro atoms. The number of hydrogen-bond acceptors (Lipinski definition) is 3. The van der Waals surface area contributed by atoms with Gasteiger partial charge in [0.2, 0.25) is 0 Å². The van der Waals surface area contributed by atoms with Crippen LogP contribution in [0.4, 0.5) is 10.1 Å². The molecule has 0 aliphatic heterocycles. The fourth-order valence-electron chi connectivity index (χ4n) is 2.50. The second kappa shape index (κ2) is 7.57. The molecule has 0 saturated heterocycles. The van der Waals surface area contributed by atoms with Crippen LogP contribution < -0.4 is 10.7 Å². The van der Waals surface area contributed by atoms with Crippen LogP contribution in [0.2, 0.25) is 0 Å². The first-order chi connectivity index (χ1) is 12.1. The van der Waals surface area contributed by atoms with Gasteiger partial charge in [0.05, 0.1) is 12.3 Å². The van der Waals surface area contributed by atoms with Gasteiger partial charge in [-0.15, -0.1) is 0 Å². The molecule has 25 heavy (non-hydrogen) atoms. The molecule has 3 aromatic rings. The van der Waals surface area contributed by atoms with E-state index in [0.717, 1.165) is 22.0 Å². The Morgan fingerprint density at radius 2 is 1.72 bits per heavy atom. The van der Waals surface area contributed by atoms with Gasteiger partial charge in [0.1, 0.15) is 5.82 Å². The van der Waals surface area contributed by atoms with Crippen LogP contribution in [0.1, 0.15) is 12.5 Å². The van der Waals surface area contributed by atoms with Gasteiger partial charge in [-0.25, -0.2) is 9.82 Å². The molecule has 0 fully saturated rings. The third-order valence-electron chi connectivity index (χ3n) is 3.84. The minimum absolute atomic E-state index is 0.105. The smallest absolute Gasteiger partial charge is 0.259 e. The van der Waals surface area contributed by atoms with E-state index in [1.807, 2.05) is 42.5 Å². The molecule has 3 aromatic carbocycles. The lowest BCUT2D eigenvalue weighted by Gasteiger charge is -2.09. The van der Waals surface area contributed by atoms with Gasteiger partial charge in [-0.1, -0.05) is 48.5 Å². The van der Waals surface area contributed by atoms with E-state index in [2.05, 4.69) is 15.8 Å². The molecule has 0 heterocycles. The number of rotatable bonds is 5. The van der Waals surface area contributed by atoms with Crippen molar-refractivity contribution < 1.29 is 9.18 Å². The van der Waals surface area contributed by atoms with E-state index in [-0.39, 0.29) is 18.3 Å². The highest BCUT2D eigenvalue weighted by molar-refractivity contribution is 5.99. The molecule has 0 bridgehead atoms. The Morgan fingerprint density at radius 1 is 1.00 bits per heavy atom. The molecule has 0 aliphatic carbocycles. The molecule has 0 atom stereocenters. The van der Waals surface area contributed by atoms with E-state index in [4.69, 9.17) is 0 Å². The quantitative estimate of drug-likeness (QED) is 0.548. The SMILES string of the molecule is C/C(=N\NC(=O)CNc1cccc2ccccc12)c1ccc(F)cc1. The van der Waals surface area contributed by atoms with Crippen molar-refractivity contribution in [3.05, 3.63) is 78.1 Å². The summed E-state index contributed by atoms with van der Waals surface area (Å²) < 4.78 is 12.9. The van der Waals surface area contributed by atoms with Crippen molar-refractivity contribution in [1.29, 1.82) is 0 Å². The summed E-state index contributed by atoms with van der Waals surface area (Å²) in [6.45, 7) is 1.86. The van der Waals surface area contributed by atoms with Crippen LogP contribution in [0, 0.1) is 5.82 Å². The molecule has 0 saturated carbocycles. The molecule has 2 N–H and O–H groups in total. The van der Waals surface area contributed by atoms with Crippen molar-refractivity contribution >= 4 is 28.1 Å². The van der Waals surface area contributed by atoms with Crippen molar-refractivity contribution in [1.82, 2.24) is 5.43 Å². The number of benzene rings is 3. The number of hydrogen-bond donors (Lipinski definition) is 2. The maximum atomic E-state index is 12.9. The van der Waals surface area contributed by atoms with Crippen molar-refractivity contribution in [2.75, 3.05) is 11.9 Å². The summed E-state index contributed by atoms with van der Waals surface area (Å²) in [6.07, 6.45) is 0. The van der Waals surface area contributed by atoms with Crippen LogP contribution in [0.15, 0.2) is 71.8 Å². The van der Waals surface area contributed by atoms with Crippen molar-refractivity contribution in [3.63, 3.8) is 0 Å². The largest absolute Gasteiger partial charge is 0.376 e. The van der Waals surface area contributed by atoms with Crippen LogP contribution in [0.25, 0.3) is 10.8 Å². The van der Waals surface area contributed by atoms with E-state index in [0.29, 0.717) is 5.71 Å². The molecular weight excluding hydrogens is 317 g/mol. The predicted molar refractivity (Wildman–Crippen MR) is 99.2 cm³/mol. The van der Waals surface area contributed by atoms with Gasteiger partial charge in [-0.2, -0.15) is 5.10 Å². The van der Waals surface area contributed by atoms with Crippen LogP contribution in [-0.2, 0) is 4.79 Å². The Morgan fingerprint density at radius 3 is 2.52 bits per heavy atom. The minimum Gasteiger partial charge on any atom is -0.376 e. The second-order valence-corrected chi connectivity index (χ2v) is 5.62. The molecule has 4 nitrogen and oxygen atoms in total. The Balaban J connectivity index is 1.61. The predicted octanol–water partition coefficient (Wildman–Crippen LogP) is 3.93. The Bertz CT molecular complexity index is 914. The number of nitrogens with one attached hydrogen (secondary N) is 2. The highest BCUT2D eigenvalue weighted by atomic mass is 19.1. The van der Waals surface area contributed by atoms with E-state index in [1.165, 1.54) is 12.1 Å².